The van der Waals surface area contributed by atoms with Gasteiger partial charge in [0.1, 0.15) is 18.1 Å². The molecule has 7 nitrogen and oxygen atoms in total. The van der Waals surface area contributed by atoms with Gasteiger partial charge in [-0.15, -0.1) is 0 Å². The minimum Gasteiger partial charge on any atom is -0.507 e. The summed E-state index contributed by atoms with van der Waals surface area (Å²) < 4.78 is 11.2. The number of Topliss-reactive ketones (excluding diaryl/α,β-unsaturated/α-hetero) is 1. The van der Waals surface area contributed by atoms with E-state index in [4.69, 9.17) is 9.47 Å². The lowest BCUT2D eigenvalue weighted by atomic mass is 9.95. The number of ketones is 1. The molecule has 0 aliphatic carbocycles. The fourth-order valence-electron chi connectivity index (χ4n) is 4.68. The lowest BCUT2D eigenvalue weighted by Gasteiger charge is -2.25. The van der Waals surface area contributed by atoms with Crippen LogP contribution in [0.1, 0.15) is 28.3 Å². The molecule has 2 N–H and O–H groups in total. The third kappa shape index (κ3) is 4.73. The van der Waals surface area contributed by atoms with Gasteiger partial charge in [-0.2, -0.15) is 0 Å². The molecule has 1 saturated heterocycles. The van der Waals surface area contributed by atoms with Crippen molar-refractivity contribution in [1.29, 1.82) is 0 Å². The Bertz CT molecular complexity index is 1490. The molecule has 1 unspecified atom stereocenters. The van der Waals surface area contributed by atoms with Gasteiger partial charge in [-0.25, -0.2) is 0 Å². The van der Waals surface area contributed by atoms with Crippen LogP contribution < -0.4 is 4.74 Å². The monoisotopic (exact) mass is 496 g/mol. The number of aryl methyl sites for hydroxylation is 1. The quantitative estimate of drug-likeness (QED) is 0.201. The van der Waals surface area contributed by atoms with Crippen molar-refractivity contribution in [3.63, 3.8) is 0 Å². The SMILES string of the molecule is COCCN1C(=O)C(=O)/C(=C(\O)c2c[nH]c3ccccc23)C1c1cccc(OCc2ccc(C)cc2)c1. The molecule has 5 rings (SSSR count). The number of amides is 1. The van der Waals surface area contributed by atoms with Crippen LogP contribution in [0.25, 0.3) is 16.7 Å². The Morgan fingerprint density at radius 1 is 1.03 bits per heavy atom. The van der Waals surface area contributed by atoms with Gasteiger partial charge in [-0.1, -0.05) is 60.2 Å². The number of hydrogen-bond donors (Lipinski definition) is 2. The average Bonchev–Trinajstić information content (AvgIpc) is 3.46. The number of nitrogens with zero attached hydrogens (tertiary/aromatic N) is 1. The van der Waals surface area contributed by atoms with Gasteiger partial charge in [-0.3, -0.25) is 9.59 Å². The van der Waals surface area contributed by atoms with Crippen LogP contribution in [0, 0.1) is 6.92 Å². The molecule has 1 fully saturated rings. The highest BCUT2D eigenvalue weighted by Gasteiger charge is 2.46. The number of likely N-dealkylation sites (tertiary alicyclic amines) is 1. The maximum atomic E-state index is 13.3. The first-order chi connectivity index (χ1) is 18.0. The van der Waals surface area contributed by atoms with E-state index in [1.165, 1.54) is 17.6 Å². The van der Waals surface area contributed by atoms with Crippen LogP contribution in [0.4, 0.5) is 0 Å². The van der Waals surface area contributed by atoms with Crippen molar-refractivity contribution in [2.45, 2.75) is 19.6 Å². The zero-order chi connectivity index (χ0) is 25.9. The number of aliphatic hydroxyl groups excluding tert-OH is 1. The number of rotatable bonds is 8. The van der Waals surface area contributed by atoms with Crippen molar-refractivity contribution in [2.24, 2.45) is 0 Å². The maximum absolute atomic E-state index is 13.3. The van der Waals surface area contributed by atoms with E-state index in [9.17, 15) is 14.7 Å². The number of benzene rings is 3. The largest absolute Gasteiger partial charge is 0.507 e. The van der Waals surface area contributed by atoms with Crippen LogP contribution in [0.15, 0.2) is 84.6 Å². The molecule has 0 radical (unpaired) electrons. The standard InChI is InChI=1S/C30H28N2O5/c1-19-10-12-20(13-11-19)18-37-22-7-5-6-21(16-22)27-26(29(34)30(35)32(27)14-15-36-2)28(33)24-17-31-25-9-4-3-8-23(24)25/h3-13,16-17,27,31,33H,14-15,18H2,1-2H3/b28-26-. The number of aliphatic hydroxyl groups is 1. The topological polar surface area (TPSA) is 91.9 Å². The summed E-state index contributed by atoms with van der Waals surface area (Å²) in [5.41, 5.74) is 4.20. The second-order valence-corrected chi connectivity index (χ2v) is 9.08. The molecule has 0 spiro atoms. The number of fused-ring (bicyclic) bond motifs is 1. The molecule has 1 aliphatic heterocycles. The Morgan fingerprint density at radius 2 is 1.81 bits per heavy atom. The number of aromatic nitrogens is 1. The zero-order valence-corrected chi connectivity index (χ0v) is 20.7. The van der Waals surface area contributed by atoms with Crippen LogP contribution in [0.5, 0.6) is 5.75 Å². The second-order valence-electron chi connectivity index (χ2n) is 9.08. The van der Waals surface area contributed by atoms with Crippen molar-refractivity contribution < 1.29 is 24.2 Å². The molecule has 1 aromatic heterocycles. The fourth-order valence-corrected chi connectivity index (χ4v) is 4.68. The summed E-state index contributed by atoms with van der Waals surface area (Å²) in [5.74, 6) is -1.02. The Morgan fingerprint density at radius 3 is 2.59 bits per heavy atom. The van der Waals surface area contributed by atoms with Gasteiger partial charge in [0.15, 0.2) is 0 Å². The van der Waals surface area contributed by atoms with Gasteiger partial charge in [0, 0.05) is 36.3 Å². The summed E-state index contributed by atoms with van der Waals surface area (Å²) >= 11 is 0. The maximum Gasteiger partial charge on any atom is 0.295 e. The highest BCUT2D eigenvalue weighted by atomic mass is 16.5. The molecule has 1 aliphatic rings. The molecule has 1 amide bonds. The highest BCUT2D eigenvalue weighted by Crippen LogP contribution is 2.41. The molecule has 2 heterocycles. The third-order valence-corrected chi connectivity index (χ3v) is 6.62. The average molecular weight is 497 g/mol. The normalized spacial score (nSPS) is 17.0. The Labute approximate surface area is 214 Å². The number of ether oxygens (including phenoxy) is 2. The lowest BCUT2D eigenvalue weighted by molar-refractivity contribution is -0.140. The van der Waals surface area contributed by atoms with Crippen molar-refractivity contribution in [2.75, 3.05) is 20.3 Å². The van der Waals surface area contributed by atoms with E-state index in [0.717, 1.165) is 16.5 Å². The smallest absolute Gasteiger partial charge is 0.295 e. The fraction of sp³-hybridized carbons (Fsp3) is 0.200. The van der Waals surface area contributed by atoms with Crippen LogP contribution >= 0.6 is 0 Å². The summed E-state index contributed by atoms with van der Waals surface area (Å²) in [6.07, 6.45) is 1.65. The first-order valence-corrected chi connectivity index (χ1v) is 12.1. The van der Waals surface area contributed by atoms with Crippen LogP contribution in [0.2, 0.25) is 0 Å². The van der Waals surface area contributed by atoms with Crippen molar-refractivity contribution in [3.05, 3.63) is 107 Å². The summed E-state index contributed by atoms with van der Waals surface area (Å²) in [4.78, 5) is 30.9. The van der Waals surface area contributed by atoms with E-state index in [1.54, 1.807) is 6.20 Å². The van der Waals surface area contributed by atoms with Crippen LogP contribution in [-0.4, -0.2) is 46.9 Å². The van der Waals surface area contributed by atoms with E-state index in [2.05, 4.69) is 4.98 Å². The van der Waals surface area contributed by atoms with Gasteiger partial charge in [0.25, 0.3) is 11.7 Å². The van der Waals surface area contributed by atoms with Gasteiger partial charge in [-0.05, 0) is 36.2 Å². The van der Waals surface area contributed by atoms with E-state index < -0.39 is 17.7 Å². The Kier molecular flexibility index (Phi) is 6.79. The predicted octanol–water partition coefficient (Wildman–Crippen LogP) is 5.12. The van der Waals surface area contributed by atoms with Crippen molar-refractivity contribution in [1.82, 2.24) is 9.88 Å². The van der Waals surface area contributed by atoms with Gasteiger partial charge in [0.2, 0.25) is 0 Å². The summed E-state index contributed by atoms with van der Waals surface area (Å²) in [6.45, 7) is 2.86. The lowest BCUT2D eigenvalue weighted by Crippen LogP contribution is -2.32. The molecule has 37 heavy (non-hydrogen) atoms. The summed E-state index contributed by atoms with van der Waals surface area (Å²) in [7, 11) is 1.54. The van der Waals surface area contributed by atoms with Crippen molar-refractivity contribution >= 4 is 28.4 Å². The number of carbonyl (C=O) groups excluding carboxylic acids is 2. The number of carbonyl (C=O) groups is 2. The first kappa shape index (κ1) is 24.3. The number of nitrogens with one attached hydrogen (secondary N) is 1. The minimum absolute atomic E-state index is 0.0431. The van der Waals surface area contributed by atoms with Crippen LogP contribution in [-0.2, 0) is 20.9 Å². The Balaban J connectivity index is 1.55. The van der Waals surface area contributed by atoms with E-state index >= 15 is 0 Å². The number of H-pyrrole nitrogens is 1. The minimum atomic E-state index is -0.785. The van der Waals surface area contributed by atoms with Crippen LogP contribution in [0.3, 0.4) is 0 Å². The molecule has 3 aromatic carbocycles. The van der Waals surface area contributed by atoms with Gasteiger partial charge < -0.3 is 24.5 Å². The number of methoxy groups -OCH3 is 1. The molecule has 1 atom stereocenters. The van der Waals surface area contributed by atoms with E-state index in [-0.39, 0.29) is 24.5 Å². The summed E-state index contributed by atoms with van der Waals surface area (Å²) in [5, 5.41) is 12.2. The third-order valence-electron chi connectivity index (χ3n) is 6.62. The molecule has 7 heteroatoms. The van der Waals surface area contributed by atoms with E-state index in [1.807, 2.05) is 79.7 Å². The van der Waals surface area contributed by atoms with Gasteiger partial charge >= 0.3 is 0 Å². The summed E-state index contributed by atoms with van der Waals surface area (Å²) in [6, 6.07) is 22.1. The second kappa shape index (κ2) is 10.3. The predicted molar refractivity (Wildman–Crippen MR) is 141 cm³/mol. The first-order valence-electron chi connectivity index (χ1n) is 12.1. The van der Waals surface area contributed by atoms with E-state index in [0.29, 0.717) is 23.5 Å². The highest BCUT2D eigenvalue weighted by molar-refractivity contribution is 6.46. The van der Waals surface area contributed by atoms with Gasteiger partial charge in [0.05, 0.1) is 18.2 Å². The zero-order valence-electron chi connectivity index (χ0n) is 20.7. The molecule has 0 saturated carbocycles. The molecular weight excluding hydrogens is 468 g/mol. The Hall–Kier alpha value is -4.36. The number of hydrogen-bond acceptors (Lipinski definition) is 5. The number of para-hydroxylation sites is 1. The molecular formula is C30H28N2O5. The molecule has 0 bridgehead atoms. The molecule has 4 aromatic rings. The number of aromatic amines is 1. The van der Waals surface area contributed by atoms with Crippen molar-refractivity contribution in [3.8, 4) is 5.75 Å². The molecule has 188 valence electrons.